The fraction of sp³-hybridized carbons (Fsp3) is 0.500. The summed E-state index contributed by atoms with van der Waals surface area (Å²) in [5.74, 6) is 0. The lowest BCUT2D eigenvalue weighted by Gasteiger charge is -1.92. The van der Waals surface area contributed by atoms with Crippen LogP contribution in [0.2, 0.25) is 0 Å². The Bertz CT molecular complexity index is 147. The molecule has 0 aliphatic carbocycles. The van der Waals surface area contributed by atoms with Gasteiger partial charge in [0.05, 0.1) is 11.1 Å². The van der Waals surface area contributed by atoms with Crippen LogP contribution < -0.4 is 0 Å². The highest BCUT2D eigenvalue weighted by atomic mass is 32.1. The molecule has 0 amide bonds. The maximum absolute atomic E-state index is 4.18. The summed E-state index contributed by atoms with van der Waals surface area (Å²) in [6.45, 7) is 2.00. The molecule has 44 valence electrons. The highest BCUT2D eigenvalue weighted by Gasteiger charge is 1.99. The third-order valence-electron chi connectivity index (χ3n) is 0.790. The Labute approximate surface area is 57.5 Å². The van der Waals surface area contributed by atoms with Crippen molar-refractivity contribution in [2.75, 3.05) is 0 Å². The van der Waals surface area contributed by atoms with Crippen LogP contribution in [0.3, 0.4) is 0 Å². The summed E-state index contributed by atoms with van der Waals surface area (Å²) in [7, 11) is 0. The van der Waals surface area contributed by atoms with Gasteiger partial charge in [-0.15, -0.1) is 5.10 Å². The Morgan fingerprint density at radius 2 is 2.62 bits per heavy atom. The van der Waals surface area contributed by atoms with Crippen LogP contribution in [-0.2, 0) is 0 Å². The zero-order chi connectivity index (χ0) is 5.98. The number of aromatic nitrogens is 2. The average Bonchev–Trinajstić information content (AvgIpc) is 2.12. The van der Waals surface area contributed by atoms with E-state index >= 15 is 0 Å². The molecule has 2 nitrogen and oxygen atoms in total. The Hall–Kier alpha value is -0.0900. The first kappa shape index (κ1) is 6.04. The Kier molecular flexibility index (Phi) is 1.85. The molecule has 4 heteroatoms. The lowest BCUT2D eigenvalue weighted by Crippen LogP contribution is -1.73. The molecule has 0 aliphatic heterocycles. The van der Waals surface area contributed by atoms with E-state index in [0.29, 0.717) is 0 Å². The minimum atomic E-state index is 0.273. The normalized spacial score (nSPS) is 13.8. The maximum Gasteiger partial charge on any atom is 0.0664 e. The Balaban J connectivity index is 2.77. The number of hydrogen-bond donors (Lipinski definition) is 1. The average molecular weight is 146 g/mol. The lowest BCUT2D eigenvalue weighted by atomic mass is 10.4. The molecule has 1 heterocycles. The molecule has 1 atom stereocenters. The van der Waals surface area contributed by atoms with Gasteiger partial charge in [0.2, 0.25) is 0 Å². The van der Waals surface area contributed by atoms with E-state index < -0.39 is 0 Å². The van der Waals surface area contributed by atoms with Crippen LogP contribution >= 0.6 is 24.2 Å². The van der Waals surface area contributed by atoms with Gasteiger partial charge in [0.25, 0.3) is 0 Å². The molecule has 0 spiro atoms. The minimum Gasteiger partial charge on any atom is -0.170 e. The SMILES string of the molecule is CC(S)c1cnns1. The van der Waals surface area contributed by atoms with Crippen LogP contribution in [0.4, 0.5) is 0 Å². The standard InChI is InChI=1S/C4H6N2S2/c1-3(7)4-2-5-6-8-4/h2-3,7H,1H3. The van der Waals surface area contributed by atoms with Gasteiger partial charge in [-0.2, -0.15) is 12.6 Å². The molecule has 0 saturated heterocycles. The van der Waals surface area contributed by atoms with Gasteiger partial charge in [-0.25, -0.2) is 0 Å². The van der Waals surface area contributed by atoms with E-state index in [-0.39, 0.29) is 5.25 Å². The summed E-state index contributed by atoms with van der Waals surface area (Å²) in [6.07, 6.45) is 1.74. The van der Waals surface area contributed by atoms with Gasteiger partial charge in [0.1, 0.15) is 0 Å². The molecule has 0 aromatic carbocycles. The second-order valence-corrected chi connectivity index (χ2v) is 3.09. The number of hydrogen-bond acceptors (Lipinski definition) is 4. The van der Waals surface area contributed by atoms with Crippen molar-refractivity contribution in [1.82, 2.24) is 9.59 Å². The van der Waals surface area contributed by atoms with E-state index in [4.69, 9.17) is 0 Å². The summed E-state index contributed by atoms with van der Waals surface area (Å²) in [6, 6.07) is 0. The molecule has 8 heavy (non-hydrogen) atoms. The molecule has 0 saturated carbocycles. The van der Waals surface area contributed by atoms with E-state index in [2.05, 4.69) is 22.2 Å². The fourth-order valence-corrected chi connectivity index (χ4v) is 1.00. The minimum absolute atomic E-state index is 0.273. The van der Waals surface area contributed by atoms with Crippen molar-refractivity contribution in [2.24, 2.45) is 0 Å². The quantitative estimate of drug-likeness (QED) is 0.608. The predicted octanol–water partition coefficient (Wildman–Crippen LogP) is 1.53. The number of thiol groups is 1. The highest BCUT2D eigenvalue weighted by Crippen LogP contribution is 2.19. The zero-order valence-corrected chi connectivity index (χ0v) is 6.12. The molecule has 0 bridgehead atoms. The van der Waals surface area contributed by atoms with Crippen molar-refractivity contribution < 1.29 is 0 Å². The predicted molar refractivity (Wildman–Crippen MR) is 37.3 cm³/mol. The van der Waals surface area contributed by atoms with Crippen molar-refractivity contribution in [3.8, 4) is 0 Å². The summed E-state index contributed by atoms with van der Waals surface area (Å²) in [5.41, 5.74) is 0. The van der Waals surface area contributed by atoms with Gasteiger partial charge in [0, 0.05) is 5.25 Å². The molecule has 0 N–H and O–H groups in total. The number of rotatable bonds is 1. The number of nitrogens with zero attached hydrogens (tertiary/aromatic N) is 2. The molecule has 0 aliphatic rings. The molecule has 0 radical (unpaired) electrons. The van der Waals surface area contributed by atoms with Crippen molar-refractivity contribution >= 4 is 24.2 Å². The summed E-state index contributed by atoms with van der Waals surface area (Å²) in [4.78, 5) is 1.12. The zero-order valence-electron chi connectivity index (χ0n) is 4.40. The molecular formula is C4H6N2S2. The van der Waals surface area contributed by atoms with E-state index in [1.54, 1.807) is 6.20 Å². The fourth-order valence-electron chi connectivity index (χ4n) is 0.359. The molecule has 1 unspecified atom stereocenters. The first-order valence-corrected chi connectivity index (χ1v) is 3.55. The summed E-state index contributed by atoms with van der Waals surface area (Å²) >= 11 is 5.58. The smallest absolute Gasteiger partial charge is 0.0664 e. The summed E-state index contributed by atoms with van der Waals surface area (Å²) < 4.78 is 3.69. The van der Waals surface area contributed by atoms with Crippen molar-refractivity contribution in [2.45, 2.75) is 12.2 Å². The van der Waals surface area contributed by atoms with Crippen LogP contribution in [0, 0.1) is 0 Å². The van der Waals surface area contributed by atoms with Crippen molar-refractivity contribution in [3.05, 3.63) is 11.1 Å². The largest absolute Gasteiger partial charge is 0.170 e. The second kappa shape index (κ2) is 2.46. The van der Waals surface area contributed by atoms with Gasteiger partial charge in [-0.05, 0) is 18.5 Å². The maximum atomic E-state index is 4.18. The van der Waals surface area contributed by atoms with Gasteiger partial charge in [-0.1, -0.05) is 4.49 Å². The third-order valence-corrected chi connectivity index (χ3v) is 2.09. The Morgan fingerprint density at radius 1 is 1.88 bits per heavy atom. The van der Waals surface area contributed by atoms with Crippen molar-refractivity contribution in [1.29, 1.82) is 0 Å². The monoisotopic (exact) mass is 146 g/mol. The van der Waals surface area contributed by atoms with E-state index in [0.717, 1.165) is 4.88 Å². The molecule has 1 rings (SSSR count). The summed E-state index contributed by atoms with van der Waals surface area (Å²) in [5, 5.41) is 3.94. The molecule has 1 aromatic heterocycles. The van der Waals surface area contributed by atoms with Crippen molar-refractivity contribution in [3.63, 3.8) is 0 Å². The van der Waals surface area contributed by atoms with Crippen LogP contribution in [0.5, 0.6) is 0 Å². The Morgan fingerprint density at radius 3 is 2.88 bits per heavy atom. The molecule has 1 aromatic rings. The van der Waals surface area contributed by atoms with E-state index in [1.165, 1.54) is 11.5 Å². The van der Waals surface area contributed by atoms with E-state index in [1.807, 2.05) is 6.92 Å². The highest BCUT2D eigenvalue weighted by molar-refractivity contribution is 7.80. The van der Waals surface area contributed by atoms with Gasteiger partial charge in [0.15, 0.2) is 0 Å². The first-order chi connectivity index (χ1) is 3.80. The third kappa shape index (κ3) is 1.20. The molecular weight excluding hydrogens is 140 g/mol. The topological polar surface area (TPSA) is 25.8 Å². The van der Waals surface area contributed by atoms with Gasteiger partial charge in [-0.3, -0.25) is 0 Å². The lowest BCUT2D eigenvalue weighted by molar-refractivity contribution is 1.11. The van der Waals surface area contributed by atoms with E-state index in [9.17, 15) is 0 Å². The van der Waals surface area contributed by atoms with Crippen LogP contribution in [-0.4, -0.2) is 9.59 Å². The first-order valence-electron chi connectivity index (χ1n) is 2.26. The molecule has 0 fully saturated rings. The van der Waals surface area contributed by atoms with Gasteiger partial charge >= 0.3 is 0 Å². The van der Waals surface area contributed by atoms with Gasteiger partial charge < -0.3 is 0 Å². The van der Waals surface area contributed by atoms with Crippen LogP contribution in [0.15, 0.2) is 6.20 Å². The van der Waals surface area contributed by atoms with Crippen LogP contribution in [0.25, 0.3) is 0 Å². The van der Waals surface area contributed by atoms with Crippen LogP contribution in [0.1, 0.15) is 17.1 Å². The second-order valence-electron chi connectivity index (χ2n) is 1.50.